The minimum Gasteiger partial charge on any atom is -0.492 e. The first-order valence-corrected chi connectivity index (χ1v) is 7.35. The number of likely N-dealkylation sites (tertiary alicyclic amines) is 1. The molecule has 1 aromatic carbocycles. The van der Waals surface area contributed by atoms with Gasteiger partial charge in [0.2, 0.25) is 0 Å². The number of nitrogens with two attached hydrogens (primary N) is 1. The number of piperidine rings is 1. The highest BCUT2D eigenvalue weighted by Gasteiger charge is 2.22. The highest BCUT2D eigenvalue weighted by Crippen LogP contribution is 2.21. The van der Waals surface area contributed by atoms with Crippen LogP contribution in [0.5, 0.6) is 5.75 Å². The fourth-order valence-electron chi connectivity index (χ4n) is 2.78. The summed E-state index contributed by atoms with van der Waals surface area (Å²) in [5.41, 5.74) is 6.80. The zero-order valence-corrected chi connectivity index (χ0v) is 12.1. The number of rotatable bonds is 5. The molecule has 2 unspecified atom stereocenters. The van der Waals surface area contributed by atoms with Gasteiger partial charge in [0.25, 0.3) is 0 Å². The Morgan fingerprint density at radius 1 is 1.26 bits per heavy atom. The van der Waals surface area contributed by atoms with E-state index in [0.717, 1.165) is 30.4 Å². The maximum Gasteiger partial charge on any atom is 0.123 e. The maximum atomic E-state index is 5.89. The number of hydrogen-bond acceptors (Lipinski definition) is 3. The third-order valence-corrected chi connectivity index (χ3v) is 4.08. The summed E-state index contributed by atoms with van der Waals surface area (Å²) in [6, 6.07) is 8.72. The van der Waals surface area contributed by atoms with Gasteiger partial charge in [-0.25, -0.2) is 0 Å². The highest BCUT2D eigenvalue weighted by molar-refractivity contribution is 5.32. The van der Waals surface area contributed by atoms with Gasteiger partial charge in [-0.15, -0.1) is 0 Å². The molecule has 2 N–H and O–H groups in total. The average Bonchev–Trinajstić information content (AvgIpc) is 2.43. The lowest BCUT2D eigenvalue weighted by Crippen LogP contribution is -2.43. The molecule has 1 saturated heterocycles. The van der Waals surface area contributed by atoms with Crippen LogP contribution in [0.2, 0.25) is 0 Å². The lowest BCUT2D eigenvalue weighted by atomic mass is 9.95. The van der Waals surface area contributed by atoms with Gasteiger partial charge in [0.1, 0.15) is 12.4 Å². The molecule has 1 fully saturated rings. The molecule has 3 heteroatoms. The summed E-state index contributed by atoms with van der Waals surface area (Å²) in [7, 11) is 0. The van der Waals surface area contributed by atoms with Crippen LogP contribution in [0.15, 0.2) is 24.3 Å². The lowest BCUT2D eigenvalue weighted by Gasteiger charge is -2.36. The van der Waals surface area contributed by atoms with E-state index in [9.17, 15) is 0 Å². The van der Waals surface area contributed by atoms with Crippen molar-refractivity contribution in [2.75, 3.05) is 19.7 Å². The van der Waals surface area contributed by atoms with E-state index in [2.05, 4.69) is 18.7 Å². The van der Waals surface area contributed by atoms with Crippen molar-refractivity contribution in [1.82, 2.24) is 4.90 Å². The van der Waals surface area contributed by atoms with Crippen LogP contribution in [-0.2, 0) is 6.54 Å². The molecule has 1 aromatic rings. The second kappa shape index (κ2) is 6.92. The summed E-state index contributed by atoms with van der Waals surface area (Å²) in [5.74, 6) is 1.75. The fourth-order valence-corrected chi connectivity index (χ4v) is 2.78. The van der Waals surface area contributed by atoms with E-state index in [1.54, 1.807) is 0 Å². The Morgan fingerprint density at radius 3 is 2.84 bits per heavy atom. The number of benzene rings is 1. The van der Waals surface area contributed by atoms with E-state index >= 15 is 0 Å². The fraction of sp³-hybridized carbons (Fsp3) is 0.625. The molecule has 1 aliphatic rings. The van der Waals surface area contributed by atoms with Crippen LogP contribution in [0.1, 0.15) is 32.3 Å². The molecular formula is C16H26N2O. The van der Waals surface area contributed by atoms with Crippen molar-refractivity contribution in [2.24, 2.45) is 11.7 Å². The van der Waals surface area contributed by atoms with Crippen molar-refractivity contribution in [1.29, 1.82) is 0 Å². The van der Waals surface area contributed by atoms with E-state index in [4.69, 9.17) is 10.5 Å². The van der Waals surface area contributed by atoms with E-state index in [-0.39, 0.29) is 0 Å². The maximum absolute atomic E-state index is 5.89. The smallest absolute Gasteiger partial charge is 0.123 e. The largest absolute Gasteiger partial charge is 0.492 e. The van der Waals surface area contributed by atoms with Crippen molar-refractivity contribution >= 4 is 0 Å². The Kier molecular flexibility index (Phi) is 5.23. The SMILES string of the molecule is CC1CCC(C)N(CCOc2ccccc2CN)C1. The first-order chi connectivity index (χ1) is 9.20. The molecular weight excluding hydrogens is 236 g/mol. The van der Waals surface area contributed by atoms with Crippen molar-refractivity contribution in [2.45, 2.75) is 39.3 Å². The van der Waals surface area contributed by atoms with Gasteiger partial charge in [0.15, 0.2) is 0 Å². The summed E-state index contributed by atoms with van der Waals surface area (Å²) < 4.78 is 5.89. The van der Waals surface area contributed by atoms with Crippen LogP contribution < -0.4 is 10.5 Å². The normalized spacial score (nSPS) is 24.4. The van der Waals surface area contributed by atoms with Gasteiger partial charge in [0.05, 0.1) is 0 Å². The molecule has 0 spiro atoms. The Balaban J connectivity index is 1.82. The van der Waals surface area contributed by atoms with Gasteiger partial charge in [-0.05, 0) is 31.7 Å². The third kappa shape index (κ3) is 3.95. The van der Waals surface area contributed by atoms with Gasteiger partial charge < -0.3 is 10.5 Å². The van der Waals surface area contributed by atoms with E-state index in [1.807, 2.05) is 24.3 Å². The first kappa shape index (κ1) is 14.4. The summed E-state index contributed by atoms with van der Waals surface area (Å²) in [6.45, 7) is 8.14. The molecule has 1 heterocycles. The summed E-state index contributed by atoms with van der Waals surface area (Å²) in [5, 5.41) is 0. The molecule has 0 aliphatic carbocycles. The van der Waals surface area contributed by atoms with Gasteiger partial charge in [-0.1, -0.05) is 25.1 Å². The minimum atomic E-state index is 0.535. The van der Waals surface area contributed by atoms with Crippen LogP contribution in [-0.4, -0.2) is 30.6 Å². The quantitative estimate of drug-likeness (QED) is 0.886. The van der Waals surface area contributed by atoms with E-state index in [0.29, 0.717) is 12.6 Å². The van der Waals surface area contributed by atoms with Crippen molar-refractivity contribution < 1.29 is 4.74 Å². The van der Waals surface area contributed by atoms with Crippen LogP contribution in [0, 0.1) is 5.92 Å². The van der Waals surface area contributed by atoms with Crippen molar-refractivity contribution in [3.8, 4) is 5.75 Å². The van der Waals surface area contributed by atoms with Gasteiger partial charge in [0, 0.05) is 31.2 Å². The first-order valence-electron chi connectivity index (χ1n) is 7.35. The summed E-state index contributed by atoms with van der Waals surface area (Å²) in [4.78, 5) is 2.54. The number of ether oxygens (including phenoxy) is 1. The molecule has 0 aromatic heterocycles. The number of nitrogens with zero attached hydrogens (tertiary/aromatic N) is 1. The predicted molar refractivity (Wildman–Crippen MR) is 79.3 cm³/mol. The molecule has 0 radical (unpaired) electrons. The number of para-hydroxylation sites is 1. The Morgan fingerprint density at radius 2 is 2.05 bits per heavy atom. The molecule has 2 rings (SSSR count). The number of hydrogen-bond donors (Lipinski definition) is 1. The van der Waals surface area contributed by atoms with Gasteiger partial charge >= 0.3 is 0 Å². The Bertz CT molecular complexity index is 394. The summed E-state index contributed by atoms with van der Waals surface area (Å²) >= 11 is 0. The topological polar surface area (TPSA) is 38.5 Å². The Labute approximate surface area is 116 Å². The third-order valence-electron chi connectivity index (χ3n) is 4.08. The Hall–Kier alpha value is -1.06. The van der Waals surface area contributed by atoms with E-state index in [1.165, 1.54) is 19.4 Å². The minimum absolute atomic E-state index is 0.535. The zero-order valence-electron chi connectivity index (χ0n) is 12.1. The molecule has 2 atom stereocenters. The molecule has 0 amide bonds. The van der Waals surface area contributed by atoms with E-state index < -0.39 is 0 Å². The molecule has 19 heavy (non-hydrogen) atoms. The molecule has 1 aliphatic heterocycles. The second-order valence-electron chi connectivity index (χ2n) is 5.69. The second-order valence-corrected chi connectivity index (χ2v) is 5.69. The van der Waals surface area contributed by atoms with Crippen molar-refractivity contribution in [3.63, 3.8) is 0 Å². The van der Waals surface area contributed by atoms with Crippen molar-refractivity contribution in [3.05, 3.63) is 29.8 Å². The van der Waals surface area contributed by atoms with Crippen LogP contribution in [0.3, 0.4) is 0 Å². The highest BCUT2D eigenvalue weighted by atomic mass is 16.5. The van der Waals surface area contributed by atoms with Gasteiger partial charge in [-0.3, -0.25) is 4.90 Å². The standard InChI is InChI=1S/C16H26N2O/c1-13-7-8-14(2)18(12-13)9-10-19-16-6-4-3-5-15(16)11-17/h3-6,13-14H,7-12,17H2,1-2H3. The molecule has 0 bridgehead atoms. The predicted octanol–water partition coefficient (Wildman–Crippen LogP) is 2.64. The van der Waals surface area contributed by atoms with Crippen LogP contribution in [0.25, 0.3) is 0 Å². The summed E-state index contributed by atoms with van der Waals surface area (Å²) in [6.07, 6.45) is 2.66. The van der Waals surface area contributed by atoms with Crippen LogP contribution >= 0.6 is 0 Å². The monoisotopic (exact) mass is 262 g/mol. The molecule has 106 valence electrons. The van der Waals surface area contributed by atoms with Crippen LogP contribution in [0.4, 0.5) is 0 Å². The zero-order chi connectivity index (χ0) is 13.7. The molecule has 0 saturated carbocycles. The average molecular weight is 262 g/mol. The van der Waals surface area contributed by atoms with Gasteiger partial charge in [-0.2, -0.15) is 0 Å². The lowest BCUT2D eigenvalue weighted by molar-refractivity contribution is 0.105. The molecule has 3 nitrogen and oxygen atoms in total.